The summed E-state index contributed by atoms with van der Waals surface area (Å²) in [5.41, 5.74) is 2.56. The molecule has 0 bridgehead atoms. The summed E-state index contributed by atoms with van der Waals surface area (Å²) in [4.78, 5) is 13.3. The van der Waals surface area contributed by atoms with Gasteiger partial charge < -0.3 is 5.32 Å². The lowest BCUT2D eigenvalue weighted by molar-refractivity contribution is -0.132. The Labute approximate surface area is 180 Å². The van der Waals surface area contributed by atoms with Crippen LogP contribution in [0.2, 0.25) is 0 Å². The largest absolute Gasteiger partial charge is 0.352 e. The molecule has 0 aliphatic carbocycles. The van der Waals surface area contributed by atoms with Crippen LogP contribution in [0.5, 0.6) is 0 Å². The molecular formula is C24H32N2O3S. The third-order valence-electron chi connectivity index (χ3n) is 6.09. The van der Waals surface area contributed by atoms with Crippen molar-refractivity contribution in [3.8, 4) is 0 Å². The zero-order valence-electron chi connectivity index (χ0n) is 18.3. The van der Waals surface area contributed by atoms with Crippen LogP contribution in [0, 0.1) is 12.3 Å². The molecule has 0 aromatic heterocycles. The van der Waals surface area contributed by atoms with Crippen molar-refractivity contribution in [3.63, 3.8) is 0 Å². The molecule has 1 aliphatic rings. The minimum atomic E-state index is -3.63. The number of nitrogens with zero attached hydrogens (tertiary/aromatic N) is 1. The van der Waals surface area contributed by atoms with E-state index in [1.54, 1.807) is 12.1 Å². The van der Waals surface area contributed by atoms with Crippen molar-refractivity contribution in [2.24, 2.45) is 5.41 Å². The first kappa shape index (κ1) is 22.5. The summed E-state index contributed by atoms with van der Waals surface area (Å²) >= 11 is 0. The molecule has 6 heteroatoms. The van der Waals surface area contributed by atoms with Crippen LogP contribution in [0.1, 0.15) is 56.2 Å². The van der Waals surface area contributed by atoms with Crippen LogP contribution in [-0.4, -0.2) is 31.7 Å². The van der Waals surface area contributed by atoms with Gasteiger partial charge >= 0.3 is 0 Å². The topological polar surface area (TPSA) is 66.5 Å². The second kappa shape index (κ2) is 8.90. The van der Waals surface area contributed by atoms with E-state index in [-0.39, 0.29) is 17.3 Å². The standard InChI is InChI=1S/C24H32N2O3S/c1-18(2)20-10-12-22(13-11-20)30(28,29)26-15-7-14-24(4,17-26)23(27)25-16-21-9-6-5-8-19(21)3/h5-6,8-13,18H,7,14-17H2,1-4H3,(H,25,27). The van der Waals surface area contributed by atoms with Gasteiger partial charge in [0.2, 0.25) is 15.9 Å². The Morgan fingerprint density at radius 2 is 1.80 bits per heavy atom. The first-order valence-corrected chi connectivity index (χ1v) is 12.0. The summed E-state index contributed by atoms with van der Waals surface area (Å²) in [6.07, 6.45) is 1.34. The Balaban J connectivity index is 1.72. The van der Waals surface area contributed by atoms with Gasteiger partial charge in [-0.1, -0.05) is 50.2 Å². The van der Waals surface area contributed by atoms with Gasteiger partial charge in [0.15, 0.2) is 0 Å². The molecule has 1 atom stereocenters. The van der Waals surface area contributed by atoms with E-state index < -0.39 is 15.4 Å². The average molecular weight is 429 g/mol. The molecule has 0 saturated carbocycles. The van der Waals surface area contributed by atoms with E-state index >= 15 is 0 Å². The maximum atomic E-state index is 13.2. The first-order chi connectivity index (χ1) is 14.1. The monoisotopic (exact) mass is 428 g/mol. The van der Waals surface area contributed by atoms with Gasteiger partial charge in [0, 0.05) is 19.6 Å². The number of piperidine rings is 1. The Morgan fingerprint density at radius 3 is 2.43 bits per heavy atom. The number of carbonyl (C=O) groups excluding carboxylic acids is 1. The van der Waals surface area contributed by atoms with E-state index in [2.05, 4.69) is 19.2 Å². The number of nitrogens with one attached hydrogen (secondary N) is 1. The molecule has 162 valence electrons. The minimum Gasteiger partial charge on any atom is -0.352 e. The van der Waals surface area contributed by atoms with E-state index in [0.29, 0.717) is 31.8 Å². The predicted octanol–water partition coefficient (Wildman–Crippen LogP) is 4.23. The van der Waals surface area contributed by atoms with Gasteiger partial charge in [-0.05, 0) is 61.4 Å². The van der Waals surface area contributed by atoms with E-state index in [1.165, 1.54) is 4.31 Å². The molecule has 0 radical (unpaired) electrons. The Hall–Kier alpha value is -2.18. The number of rotatable bonds is 6. The average Bonchev–Trinajstić information content (AvgIpc) is 2.73. The van der Waals surface area contributed by atoms with Crippen molar-refractivity contribution in [2.45, 2.75) is 57.9 Å². The summed E-state index contributed by atoms with van der Waals surface area (Å²) in [6, 6.07) is 15.0. The van der Waals surface area contributed by atoms with Crippen molar-refractivity contribution < 1.29 is 13.2 Å². The summed E-state index contributed by atoms with van der Waals surface area (Å²) in [5.74, 6) is 0.248. The van der Waals surface area contributed by atoms with E-state index in [1.807, 2.05) is 50.2 Å². The van der Waals surface area contributed by atoms with Gasteiger partial charge in [-0.15, -0.1) is 0 Å². The SMILES string of the molecule is Cc1ccccc1CNC(=O)C1(C)CCCN(S(=O)(=O)c2ccc(C(C)C)cc2)C1. The molecular weight excluding hydrogens is 396 g/mol. The van der Waals surface area contributed by atoms with Crippen molar-refractivity contribution in [1.29, 1.82) is 0 Å². The highest BCUT2D eigenvalue weighted by atomic mass is 32.2. The number of hydrogen-bond acceptors (Lipinski definition) is 3. The lowest BCUT2D eigenvalue weighted by Gasteiger charge is -2.38. The maximum absolute atomic E-state index is 13.2. The smallest absolute Gasteiger partial charge is 0.243 e. The molecule has 2 aromatic carbocycles. The number of amides is 1. The quantitative estimate of drug-likeness (QED) is 0.749. The normalized spacial score (nSPS) is 20.3. The number of carbonyl (C=O) groups is 1. The molecule has 1 N–H and O–H groups in total. The van der Waals surface area contributed by atoms with Gasteiger partial charge in [-0.2, -0.15) is 4.31 Å². The van der Waals surface area contributed by atoms with Gasteiger partial charge in [0.1, 0.15) is 0 Å². The highest BCUT2D eigenvalue weighted by molar-refractivity contribution is 7.89. The first-order valence-electron chi connectivity index (χ1n) is 10.6. The van der Waals surface area contributed by atoms with E-state index in [9.17, 15) is 13.2 Å². The number of aryl methyl sites for hydroxylation is 1. The summed E-state index contributed by atoms with van der Waals surface area (Å²) < 4.78 is 27.9. The highest BCUT2D eigenvalue weighted by Gasteiger charge is 2.41. The fraction of sp³-hybridized carbons (Fsp3) is 0.458. The zero-order valence-corrected chi connectivity index (χ0v) is 19.1. The molecule has 1 fully saturated rings. The number of hydrogen-bond donors (Lipinski definition) is 1. The Morgan fingerprint density at radius 1 is 1.13 bits per heavy atom. The summed E-state index contributed by atoms with van der Waals surface area (Å²) in [5, 5.41) is 3.02. The molecule has 5 nitrogen and oxygen atoms in total. The lowest BCUT2D eigenvalue weighted by atomic mass is 9.82. The van der Waals surface area contributed by atoms with Crippen LogP contribution >= 0.6 is 0 Å². The molecule has 2 aromatic rings. The molecule has 1 unspecified atom stereocenters. The van der Waals surface area contributed by atoms with Gasteiger partial charge in [-0.3, -0.25) is 4.79 Å². The third-order valence-corrected chi connectivity index (χ3v) is 7.95. The molecule has 0 spiro atoms. The minimum absolute atomic E-state index is 0.0965. The molecule has 30 heavy (non-hydrogen) atoms. The second-order valence-corrected chi connectivity index (χ2v) is 10.8. The van der Waals surface area contributed by atoms with Crippen LogP contribution in [0.25, 0.3) is 0 Å². The fourth-order valence-corrected chi connectivity index (χ4v) is 5.56. The third kappa shape index (κ3) is 4.76. The van der Waals surface area contributed by atoms with Crippen molar-refractivity contribution >= 4 is 15.9 Å². The molecule has 1 heterocycles. The van der Waals surface area contributed by atoms with E-state index in [0.717, 1.165) is 16.7 Å². The van der Waals surface area contributed by atoms with E-state index in [4.69, 9.17) is 0 Å². The van der Waals surface area contributed by atoms with Gasteiger partial charge in [-0.25, -0.2) is 8.42 Å². The van der Waals surface area contributed by atoms with Gasteiger partial charge in [0.25, 0.3) is 0 Å². The number of benzene rings is 2. The van der Waals surface area contributed by atoms with Crippen LogP contribution in [-0.2, 0) is 21.4 Å². The predicted molar refractivity (Wildman–Crippen MR) is 120 cm³/mol. The Kier molecular flexibility index (Phi) is 6.68. The molecule has 1 amide bonds. The van der Waals surface area contributed by atoms with Crippen molar-refractivity contribution in [1.82, 2.24) is 9.62 Å². The fourth-order valence-electron chi connectivity index (χ4n) is 3.95. The van der Waals surface area contributed by atoms with Crippen LogP contribution in [0.3, 0.4) is 0 Å². The lowest BCUT2D eigenvalue weighted by Crippen LogP contribution is -2.51. The van der Waals surface area contributed by atoms with Crippen molar-refractivity contribution in [3.05, 3.63) is 65.2 Å². The highest BCUT2D eigenvalue weighted by Crippen LogP contribution is 2.33. The zero-order chi connectivity index (χ0) is 21.9. The molecule has 3 rings (SSSR count). The van der Waals surface area contributed by atoms with Crippen LogP contribution in [0.15, 0.2) is 53.4 Å². The molecule has 1 saturated heterocycles. The van der Waals surface area contributed by atoms with Crippen molar-refractivity contribution in [2.75, 3.05) is 13.1 Å². The summed E-state index contributed by atoms with van der Waals surface area (Å²) in [6.45, 7) is 9.12. The van der Waals surface area contributed by atoms with Gasteiger partial charge in [0.05, 0.1) is 10.3 Å². The molecule has 1 aliphatic heterocycles. The van der Waals surface area contributed by atoms with Crippen LogP contribution < -0.4 is 5.32 Å². The summed E-state index contributed by atoms with van der Waals surface area (Å²) in [7, 11) is -3.63. The van der Waals surface area contributed by atoms with Crippen LogP contribution in [0.4, 0.5) is 0 Å². The Bertz CT molecular complexity index is 999. The second-order valence-electron chi connectivity index (χ2n) is 8.84. The maximum Gasteiger partial charge on any atom is 0.243 e. The number of sulfonamides is 1.